The van der Waals surface area contributed by atoms with E-state index in [1.54, 1.807) is 0 Å². The second kappa shape index (κ2) is 7.31. The lowest BCUT2D eigenvalue weighted by atomic mass is 10.0. The van der Waals surface area contributed by atoms with Gasteiger partial charge in [-0.1, -0.05) is 72.8 Å². The third-order valence-electron chi connectivity index (χ3n) is 4.33. The summed E-state index contributed by atoms with van der Waals surface area (Å²) in [6, 6.07) is 26.9. The van der Waals surface area contributed by atoms with Gasteiger partial charge in [-0.25, -0.2) is 0 Å². The van der Waals surface area contributed by atoms with Gasteiger partial charge < -0.3 is 14.8 Å². The molecule has 1 N–H and O–H groups in total. The first-order chi connectivity index (χ1) is 12.8. The van der Waals surface area contributed by atoms with E-state index in [9.17, 15) is 4.79 Å². The molecule has 3 aromatic carbocycles. The average molecular weight is 345 g/mol. The smallest absolute Gasteiger partial charge is 0.265 e. The van der Waals surface area contributed by atoms with E-state index in [1.165, 1.54) is 0 Å². The predicted octanol–water partition coefficient (Wildman–Crippen LogP) is 3.88. The minimum atomic E-state index is -0.754. The van der Waals surface area contributed by atoms with Crippen molar-refractivity contribution in [3.8, 4) is 11.5 Å². The number of benzene rings is 3. The van der Waals surface area contributed by atoms with Gasteiger partial charge in [0, 0.05) is 6.54 Å². The Morgan fingerprint density at radius 1 is 0.769 bits per heavy atom. The quantitative estimate of drug-likeness (QED) is 0.780. The molecule has 0 saturated carbocycles. The van der Waals surface area contributed by atoms with Gasteiger partial charge in [0.1, 0.15) is 0 Å². The van der Waals surface area contributed by atoms with Crippen molar-refractivity contribution in [1.82, 2.24) is 5.32 Å². The van der Waals surface area contributed by atoms with Gasteiger partial charge in [-0.3, -0.25) is 4.79 Å². The Balaban J connectivity index is 1.57. The van der Waals surface area contributed by atoms with Crippen LogP contribution in [0.2, 0.25) is 0 Å². The zero-order chi connectivity index (χ0) is 17.8. The molecule has 0 spiro atoms. The van der Waals surface area contributed by atoms with Crippen LogP contribution in [0.15, 0.2) is 84.9 Å². The molecule has 1 heterocycles. The Morgan fingerprint density at radius 2 is 1.35 bits per heavy atom. The molecule has 3 aromatic rings. The monoisotopic (exact) mass is 345 g/mol. The summed E-state index contributed by atoms with van der Waals surface area (Å²) in [6.45, 7) is 0.447. The van der Waals surface area contributed by atoms with Crippen molar-refractivity contribution >= 4 is 5.91 Å². The molecule has 26 heavy (non-hydrogen) atoms. The minimum Gasteiger partial charge on any atom is -0.477 e. The zero-order valence-corrected chi connectivity index (χ0v) is 14.2. The van der Waals surface area contributed by atoms with Crippen molar-refractivity contribution in [2.75, 3.05) is 0 Å². The maximum atomic E-state index is 12.8. The highest BCUT2D eigenvalue weighted by molar-refractivity contribution is 5.82. The average Bonchev–Trinajstić information content (AvgIpc) is 2.72. The van der Waals surface area contributed by atoms with Gasteiger partial charge in [0.25, 0.3) is 5.91 Å². The van der Waals surface area contributed by atoms with Gasteiger partial charge in [-0.05, 0) is 23.3 Å². The predicted molar refractivity (Wildman–Crippen MR) is 99.0 cm³/mol. The van der Waals surface area contributed by atoms with Crippen LogP contribution in [0.4, 0.5) is 0 Å². The summed E-state index contributed by atoms with van der Waals surface area (Å²) in [7, 11) is 0. The van der Waals surface area contributed by atoms with Gasteiger partial charge in [0.05, 0.1) is 0 Å². The van der Waals surface area contributed by atoms with Crippen LogP contribution in [0.25, 0.3) is 0 Å². The van der Waals surface area contributed by atoms with Gasteiger partial charge in [-0.15, -0.1) is 0 Å². The van der Waals surface area contributed by atoms with E-state index in [-0.39, 0.29) is 5.91 Å². The van der Waals surface area contributed by atoms with Gasteiger partial charge in [0.15, 0.2) is 17.6 Å². The van der Waals surface area contributed by atoms with Crippen LogP contribution in [0, 0.1) is 0 Å². The molecule has 1 amide bonds. The summed E-state index contributed by atoms with van der Waals surface area (Å²) >= 11 is 0. The summed E-state index contributed by atoms with van der Waals surface area (Å²) < 4.78 is 12.1. The summed E-state index contributed by atoms with van der Waals surface area (Å²) in [6.07, 6.45) is -1.25. The fraction of sp³-hybridized carbons (Fsp3) is 0.136. The number of fused-ring (bicyclic) bond motifs is 1. The second-order valence-corrected chi connectivity index (χ2v) is 6.14. The van der Waals surface area contributed by atoms with Gasteiger partial charge in [-0.2, -0.15) is 0 Å². The molecule has 0 aliphatic carbocycles. The number of para-hydroxylation sites is 2. The number of amides is 1. The molecule has 0 fully saturated rings. The summed E-state index contributed by atoms with van der Waals surface area (Å²) in [5, 5.41) is 2.96. The highest BCUT2D eigenvalue weighted by atomic mass is 16.6. The molecule has 1 aliphatic rings. The molecule has 2 atom stereocenters. The molecule has 1 aliphatic heterocycles. The maximum absolute atomic E-state index is 12.8. The number of carbonyl (C=O) groups is 1. The van der Waals surface area contributed by atoms with Crippen molar-refractivity contribution in [2.24, 2.45) is 0 Å². The van der Waals surface area contributed by atoms with E-state index in [4.69, 9.17) is 9.47 Å². The van der Waals surface area contributed by atoms with Crippen LogP contribution >= 0.6 is 0 Å². The Kier molecular flexibility index (Phi) is 4.56. The topological polar surface area (TPSA) is 47.6 Å². The van der Waals surface area contributed by atoms with Crippen LogP contribution in [0.1, 0.15) is 17.2 Å². The van der Waals surface area contributed by atoms with E-state index in [0.29, 0.717) is 18.0 Å². The minimum absolute atomic E-state index is 0.197. The third-order valence-corrected chi connectivity index (χ3v) is 4.33. The molecule has 130 valence electrons. The fourth-order valence-corrected chi connectivity index (χ4v) is 3.00. The SMILES string of the molecule is O=C(NCc1ccccc1)C1Oc2ccccc2OC1c1ccccc1. The van der Waals surface area contributed by atoms with Gasteiger partial charge >= 0.3 is 0 Å². The van der Waals surface area contributed by atoms with Crippen LogP contribution in [-0.2, 0) is 11.3 Å². The first-order valence-electron chi connectivity index (χ1n) is 8.60. The van der Waals surface area contributed by atoms with E-state index in [0.717, 1.165) is 11.1 Å². The van der Waals surface area contributed by atoms with Crippen LogP contribution in [0.3, 0.4) is 0 Å². The van der Waals surface area contributed by atoms with E-state index in [1.807, 2.05) is 84.9 Å². The maximum Gasteiger partial charge on any atom is 0.265 e. The third kappa shape index (κ3) is 3.40. The van der Waals surface area contributed by atoms with Crippen molar-refractivity contribution in [1.29, 1.82) is 0 Å². The van der Waals surface area contributed by atoms with Crippen molar-refractivity contribution in [2.45, 2.75) is 18.8 Å². The molecular weight excluding hydrogens is 326 g/mol. The number of rotatable bonds is 4. The second-order valence-electron chi connectivity index (χ2n) is 6.14. The lowest BCUT2D eigenvalue weighted by Crippen LogP contribution is -2.45. The first-order valence-corrected chi connectivity index (χ1v) is 8.60. The summed E-state index contributed by atoms with van der Waals surface area (Å²) in [5.74, 6) is 1.03. The summed E-state index contributed by atoms with van der Waals surface area (Å²) in [5.41, 5.74) is 1.94. The van der Waals surface area contributed by atoms with E-state index >= 15 is 0 Å². The number of carbonyl (C=O) groups excluding carboxylic acids is 1. The number of hydrogen-bond donors (Lipinski definition) is 1. The molecule has 0 radical (unpaired) electrons. The Morgan fingerprint density at radius 3 is 2.04 bits per heavy atom. The Hall–Kier alpha value is -3.27. The molecule has 0 saturated heterocycles. The zero-order valence-electron chi connectivity index (χ0n) is 14.2. The van der Waals surface area contributed by atoms with E-state index in [2.05, 4.69) is 5.32 Å². The van der Waals surface area contributed by atoms with Gasteiger partial charge in [0.2, 0.25) is 6.10 Å². The highest BCUT2D eigenvalue weighted by Gasteiger charge is 2.37. The van der Waals surface area contributed by atoms with Crippen LogP contribution in [-0.4, -0.2) is 12.0 Å². The molecule has 0 aromatic heterocycles. The lowest BCUT2D eigenvalue weighted by Gasteiger charge is -2.33. The summed E-state index contributed by atoms with van der Waals surface area (Å²) in [4.78, 5) is 12.8. The first kappa shape index (κ1) is 16.2. The number of nitrogens with one attached hydrogen (secondary N) is 1. The number of hydrogen-bond acceptors (Lipinski definition) is 3. The number of ether oxygens (including phenoxy) is 2. The normalized spacial score (nSPS) is 18.2. The molecule has 2 unspecified atom stereocenters. The standard InChI is InChI=1S/C22H19NO3/c24-22(23-15-16-9-3-1-4-10-16)21-20(17-11-5-2-6-12-17)25-18-13-7-8-14-19(18)26-21/h1-14,20-21H,15H2,(H,23,24). The van der Waals surface area contributed by atoms with Crippen LogP contribution in [0.5, 0.6) is 11.5 Å². The fourth-order valence-electron chi connectivity index (χ4n) is 3.00. The Labute approximate surface area is 152 Å². The van der Waals surface area contributed by atoms with Crippen LogP contribution < -0.4 is 14.8 Å². The highest BCUT2D eigenvalue weighted by Crippen LogP contribution is 2.39. The Bertz CT molecular complexity index is 880. The largest absolute Gasteiger partial charge is 0.477 e. The van der Waals surface area contributed by atoms with Crippen molar-refractivity contribution in [3.63, 3.8) is 0 Å². The van der Waals surface area contributed by atoms with Crippen molar-refractivity contribution in [3.05, 3.63) is 96.1 Å². The molecule has 4 heteroatoms. The van der Waals surface area contributed by atoms with Crippen molar-refractivity contribution < 1.29 is 14.3 Å². The lowest BCUT2D eigenvalue weighted by molar-refractivity contribution is -0.134. The molecule has 4 nitrogen and oxygen atoms in total. The molecule has 4 rings (SSSR count). The molecule has 0 bridgehead atoms. The molecular formula is C22H19NO3. The van der Waals surface area contributed by atoms with E-state index < -0.39 is 12.2 Å².